The maximum absolute atomic E-state index is 2.45. The predicted molar refractivity (Wildman–Crippen MR) is 44.2 cm³/mol. The Kier molecular flexibility index (Phi) is 3.33. The third-order valence-corrected chi connectivity index (χ3v) is 9.19. The first-order valence-electron chi connectivity index (χ1n) is 3.09. The molecule has 0 rings (SSSR count). The van der Waals surface area contributed by atoms with E-state index in [0.29, 0.717) is 0 Å². The SMILES string of the molecule is CC(C)[Se][Si](C)(C)C. The molecule has 0 saturated carbocycles. The van der Waals surface area contributed by atoms with Crippen LogP contribution in [0.4, 0.5) is 0 Å². The summed E-state index contributed by atoms with van der Waals surface area (Å²) >= 11 is 0.951. The van der Waals surface area contributed by atoms with Gasteiger partial charge in [0, 0.05) is 0 Å². The first kappa shape index (κ1) is 8.74. The zero-order chi connectivity index (χ0) is 6.78. The van der Waals surface area contributed by atoms with Crippen LogP contribution < -0.4 is 0 Å². The molecule has 0 fully saturated rings. The molecule has 0 aromatic heterocycles. The minimum absolute atomic E-state index is 0.658. The van der Waals surface area contributed by atoms with Gasteiger partial charge in [0.15, 0.2) is 0 Å². The molecule has 0 radical (unpaired) electrons. The van der Waals surface area contributed by atoms with Gasteiger partial charge in [0.1, 0.15) is 0 Å². The zero-order valence-corrected chi connectivity index (χ0v) is 9.20. The van der Waals surface area contributed by atoms with Crippen molar-refractivity contribution in [3.05, 3.63) is 0 Å². The minimum atomic E-state index is -0.658. The van der Waals surface area contributed by atoms with E-state index in [2.05, 4.69) is 33.5 Å². The summed E-state index contributed by atoms with van der Waals surface area (Å²) in [6.07, 6.45) is 0. The Morgan fingerprint density at radius 3 is 1.50 bits per heavy atom. The molecule has 0 saturated heterocycles. The summed E-state index contributed by atoms with van der Waals surface area (Å²) in [5.41, 5.74) is 0. The van der Waals surface area contributed by atoms with Crippen LogP contribution in [-0.2, 0) is 0 Å². The van der Waals surface area contributed by atoms with Crippen LogP contribution >= 0.6 is 0 Å². The second kappa shape index (κ2) is 3.05. The first-order chi connectivity index (χ1) is 3.42. The van der Waals surface area contributed by atoms with E-state index in [1.54, 1.807) is 0 Å². The van der Waals surface area contributed by atoms with Crippen molar-refractivity contribution in [2.45, 2.75) is 38.3 Å². The van der Waals surface area contributed by atoms with Crippen molar-refractivity contribution in [3.8, 4) is 0 Å². The monoisotopic (exact) mass is 196 g/mol. The van der Waals surface area contributed by atoms with Crippen molar-refractivity contribution in [1.82, 2.24) is 0 Å². The standard InChI is InChI=1S/C6H16SeSi/c1-6(2)7-8(3,4)5/h6H,1-5H3. The fourth-order valence-electron chi connectivity index (χ4n) is 0.707. The van der Waals surface area contributed by atoms with Crippen LogP contribution in [0.5, 0.6) is 0 Å². The van der Waals surface area contributed by atoms with Crippen LogP contribution in [0.3, 0.4) is 0 Å². The van der Waals surface area contributed by atoms with Crippen molar-refractivity contribution in [2.75, 3.05) is 0 Å². The normalized spacial score (nSPS) is 12.8. The molecule has 8 heavy (non-hydrogen) atoms. The van der Waals surface area contributed by atoms with Crippen molar-refractivity contribution >= 4 is 21.0 Å². The van der Waals surface area contributed by atoms with Gasteiger partial charge in [0.2, 0.25) is 0 Å². The first-order valence-corrected chi connectivity index (χ1v) is 10.1. The van der Waals surface area contributed by atoms with Gasteiger partial charge in [-0.25, -0.2) is 0 Å². The zero-order valence-electron chi connectivity index (χ0n) is 6.49. The molecule has 0 unspecified atom stereocenters. The number of hydrogen-bond donors (Lipinski definition) is 0. The molecule has 0 atom stereocenters. The van der Waals surface area contributed by atoms with E-state index in [0.717, 1.165) is 19.1 Å². The fraction of sp³-hybridized carbons (Fsp3) is 1.00. The van der Waals surface area contributed by atoms with Crippen molar-refractivity contribution in [3.63, 3.8) is 0 Å². The Morgan fingerprint density at radius 1 is 1.12 bits per heavy atom. The van der Waals surface area contributed by atoms with Gasteiger partial charge < -0.3 is 0 Å². The summed E-state index contributed by atoms with van der Waals surface area (Å²) in [5.74, 6) is 0. The molecule has 0 aromatic carbocycles. The third-order valence-electron chi connectivity index (χ3n) is 0.589. The fourth-order valence-corrected chi connectivity index (χ4v) is 11.0. The molecule has 0 aliphatic heterocycles. The van der Waals surface area contributed by atoms with Crippen LogP contribution in [0.2, 0.25) is 24.5 Å². The molecule has 0 bridgehead atoms. The molecular formula is C6H16SeSi. The Balaban J connectivity index is 3.39. The molecule has 2 heteroatoms. The van der Waals surface area contributed by atoms with Crippen LogP contribution in [0.1, 0.15) is 13.8 Å². The maximum atomic E-state index is 2.45. The van der Waals surface area contributed by atoms with E-state index in [4.69, 9.17) is 0 Å². The molecule has 0 amide bonds. The van der Waals surface area contributed by atoms with Gasteiger partial charge in [0.25, 0.3) is 0 Å². The van der Waals surface area contributed by atoms with E-state index in [9.17, 15) is 0 Å². The molecule has 50 valence electrons. The van der Waals surface area contributed by atoms with Crippen LogP contribution in [0.25, 0.3) is 0 Å². The van der Waals surface area contributed by atoms with Gasteiger partial charge in [-0.2, -0.15) is 0 Å². The molecule has 0 spiro atoms. The molecule has 0 N–H and O–H groups in total. The van der Waals surface area contributed by atoms with E-state index in [1.807, 2.05) is 0 Å². The Bertz CT molecular complexity index is 63.4. The summed E-state index contributed by atoms with van der Waals surface area (Å²) < 4.78 is 0. The van der Waals surface area contributed by atoms with Crippen LogP contribution in [0.15, 0.2) is 0 Å². The molecule has 0 aliphatic rings. The third kappa shape index (κ3) is 6.74. The molecule has 0 aliphatic carbocycles. The molecular weight excluding hydrogens is 179 g/mol. The summed E-state index contributed by atoms with van der Waals surface area (Å²) in [7, 11) is 0. The molecule has 0 heterocycles. The summed E-state index contributed by atoms with van der Waals surface area (Å²) in [6, 6.07) is 0. The Labute approximate surface area is 59.7 Å². The van der Waals surface area contributed by atoms with Crippen LogP contribution in [0, 0.1) is 0 Å². The summed E-state index contributed by atoms with van der Waals surface area (Å²) in [4.78, 5) is 0.967. The average molecular weight is 195 g/mol. The quantitative estimate of drug-likeness (QED) is 0.593. The summed E-state index contributed by atoms with van der Waals surface area (Å²) in [6.45, 7) is 11.4. The van der Waals surface area contributed by atoms with E-state index < -0.39 is 6.68 Å². The number of rotatable bonds is 2. The van der Waals surface area contributed by atoms with Crippen molar-refractivity contribution in [1.29, 1.82) is 0 Å². The van der Waals surface area contributed by atoms with Gasteiger partial charge in [0.05, 0.1) is 0 Å². The average Bonchev–Trinajstić information content (AvgIpc) is 1.21. The van der Waals surface area contributed by atoms with Gasteiger partial charge in [-0.3, -0.25) is 0 Å². The topological polar surface area (TPSA) is 0 Å². The van der Waals surface area contributed by atoms with Gasteiger partial charge in [-0.15, -0.1) is 0 Å². The van der Waals surface area contributed by atoms with Crippen LogP contribution in [-0.4, -0.2) is 21.0 Å². The second-order valence-electron chi connectivity index (χ2n) is 3.28. The molecule has 0 nitrogen and oxygen atoms in total. The molecule has 0 aromatic rings. The van der Waals surface area contributed by atoms with E-state index >= 15 is 0 Å². The van der Waals surface area contributed by atoms with Gasteiger partial charge in [-0.1, -0.05) is 0 Å². The Hall–Kier alpha value is 0.736. The Morgan fingerprint density at radius 2 is 1.50 bits per heavy atom. The van der Waals surface area contributed by atoms with E-state index in [-0.39, 0.29) is 0 Å². The second-order valence-corrected chi connectivity index (χ2v) is 18.9. The van der Waals surface area contributed by atoms with Crippen molar-refractivity contribution < 1.29 is 0 Å². The van der Waals surface area contributed by atoms with Crippen molar-refractivity contribution in [2.24, 2.45) is 0 Å². The van der Waals surface area contributed by atoms with Gasteiger partial charge >= 0.3 is 59.3 Å². The van der Waals surface area contributed by atoms with Gasteiger partial charge in [-0.05, 0) is 0 Å². The summed E-state index contributed by atoms with van der Waals surface area (Å²) in [5, 5.41) is 0. The predicted octanol–water partition coefficient (Wildman–Crippen LogP) is 2.35. The number of hydrogen-bond acceptors (Lipinski definition) is 0. The van der Waals surface area contributed by atoms with E-state index in [1.165, 1.54) is 0 Å².